The predicted octanol–water partition coefficient (Wildman–Crippen LogP) is 3.62. The van der Waals surface area contributed by atoms with Gasteiger partial charge in [0.15, 0.2) is 0 Å². The van der Waals surface area contributed by atoms with E-state index in [1.165, 1.54) is 0 Å². The molecule has 3 rings (SSSR count). The quantitative estimate of drug-likeness (QED) is 0.610. The van der Waals surface area contributed by atoms with E-state index >= 15 is 0 Å². The van der Waals surface area contributed by atoms with E-state index in [0.29, 0.717) is 6.61 Å². The van der Waals surface area contributed by atoms with Crippen LogP contribution in [0.5, 0.6) is 5.75 Å². The second-order valence-corrected chi connectivity index (χ2v) is 6.64. The number of anilines is 1. The van der Waals surface area contributed by atoms with Gasteiger partial charge in [-0.25, -0.2) is 0 Å². The molecule has 1 saturated heterocycles. The minimum Gasteiger partial charge on any atom is -0.492 e. The molecule has 138 valence electrons. The summed E-state index contributed by atoms with van der Waals surface area (Å²) < 4.78 is 11.8. The van der Waals surface area contributed by atoms with E-state index in [-0.39, 0.29) is 12.2 Å². The maximum atomic E-state index is 6.01. The van der Waals surface area contributed by atoms with E-state index in [1.54, 1.807) is 6.21 Å². The van der Waals surface area contributed by atoms with E-state index in [9.17, 15) is 0 Å². The van der Waals surface area contributed by atoms with Crippen molar-refractivity contribution in [3.8, 4) is 5.75 Å². The van der Waals surface area contributed by atoms with Gasteiger partial charge >= 0.3 is 0 Å². The monoisotopic (exact) mass is 353 g/mol. The minimum atomic E-state index is 0.280. The van der Waals surface area contributed by atoms with Crippen LogP contribution in [0.1, 0.15) is 19.4 Å². The largest absolute Gasteiger partial charge is 0.492 e. The van der Waals surface area contributed by atoms with Crippen LogP contribution in [0.2, 0.25) is 0 Å². The molecule has 0 bridgehead atoms. The Bertz CT molecular complexity index is 695. The van der Waals surface area contributed by atoms with Crippen molar-refractivity contribution in [2.45, 2.75) is 26.1 Å². The highest BCUT2D eigenvalue weighted by atomic mass is 16.5. The van der Waals surface area contributed by atoms with Crippen LogP contribution in [0.4, 0.5) is 5.69 Å². The van der Waals surface area contributed by atoms with Crippen molar-refractivity contribution >= 4 is 11.9 Å². The molecule has 0 amide bonds. The van der Waals surface area contributed by atoms with E-state index in [4.69, 9.17) is 9.47 Å². The third kappa shape index (κ3) is 5.58. The average molecular weight is 353 g/mol. The molecule has 2 unspecified atom stereocenters. The summed E-state index contributed by atoms with van der Waals surface area (Å²) in [6.45, 7) is 7.70. The number of rotatable bonds is 7. The molecule has 2 aromatic carbocycles. The zero-order valence-electron chi connectivity index (χ0n) is 15.5. The molecule has 0 aliphatic carbocycles. The first-order valence-electron chi connectivity index (χ1n) is 9.14. The standard InChI is InChI=1S/C21H27N3O2/c1-17-15-24(16-18(2)26-17)12-13-25-21-11-7-6-8-19(21)14-22-23-20-9-4-3-5-10-20/h3-11,14,17-18,23H,12-13,15-16H2,1-2H3. The van der Waals surface area contributed by atoms with Crippen molar-refractivity contribution in [1.29, 1.82) is 0 Å². The van der Waals surface area contributed by atoms with Crippen molar-refractivity contribution in [2.24, 2.45) is 5.10 Å². The molecule has 0 aromatic heterocycles. The molecule has 0 spiro atoms. The van der Waals surface area contributed by atoms with E-state index < -0.39 is 0 Å². The zero-order chi connectivity index (χ0) is 18.2. The average Bonchev–Trinajstić information content (AvgIpc) is 2.63. The first-order valence-corrected chi connectivity index (χ1v) is 9.14. The Labute approximate surface area is 155 Å². The van der Waals surface area contributed by atoms with Gasteiger partial charge in [-0.3, -0.25) is 10.3 Å². The first kappa shape index (κ1) is 18.4. The molecule has 1 N–H and O–H groups in total. The third-order valence-corrected chi connectivity index (χ3v) is 4.25. The number of morpholine rings is 1. The number of hydrogen-bond acceptors (Lipinski definition) is 5. The summed E-state index contributed by atoms with van der Waals surface area (Å²) in [5, 5.41) is 4.31. The maximum absolute atomic E-state index is 6.01. The lowest BCUT2D eigenvalue weighted by Crippen LogP contribution is -2.46. The summed E-state index contributed by atoms with van der Waals surface area (Å²) in [6, 6.07) is 17.8. The Kier molecular flexibility index (Phi) is 6.63. The van der Waals surface area contributed by atoms with Gasteiger partial charge in [-0.05, 0) is 38.1 Å². The van der Waals surface area contributed by atoms with Crippen LogP contribution in [0, 0.1) is 0 Å². The SMILES string of the molecule is CC1CN(CCOc2ccccc2C=NNc2ccccc2)CC(C)O1. The Hall–Kier alpha value is -2.37. The molecule has 5 nitrogen and oxygen atoms in total. The van der Waals surface area contributed by atoms with E-state index in [0.717, 1.165) is 36.6 Å². The summed E-state index contributed by atoms with van der Waals surface area (Å²) in [4.78, 5) is 2.40. The lowest BCUT2D eigenvalue weighted by atomic mass is 10.2. The Balaban J connectivity index is 1.52. The van der Waals surface area contributed by atoms with Crippen LogP contribution >= 0.6 is 0 Å². The molecular formula is C21H27N3O2. The molecular weight excluding hydrogens is 326 g/mol. The summed E-state index contributed by atoms with van der Waals surface area (Å²) in [7, 11) is 0. The fourth-order valence-corrected chi connectivity index (χ4v) is 3.16. The van der Waals surface area contributed by atoms with Gasteiger partial charge < -0.3 is 9.47 Å². The number of nitrogens with one attached hydrogen (secondary N) is 1. The third-order valence-electron chi connectivity index (χ3n) is 4.25. The van der Waals surface area contributed by atoms with Crippen LogP contribution in [0.3, 0.4) is 0 Å². The van der Waals surface area contributed by atoms with Crippen molar-refractivity contribution in [1.82, 2.24) is 4.90 Å². The fourth-order valence-electron chi connectivity index (χ4n) is 3.16. The molecule has 2 aromatic rings. The van der Waals surface area contributed by atoms with Gasteiger partial charge in [-0.15, -0.1) is 0 Å². The molecule has 1 aliphatic heterocycles. The van der Waals surface area contributed by atoms with Gasteiger partial charge in [0.25, 0.3) is 0 Å². The summed E-state index contributed by atoms with van der Waals surface area (Å²) in [5.41, 5.74) is 4.94. The lowest BCUT2D eigenvalue weighted by Gasteiger charge is -2.35. The van der Waals surface area contributed by atoms with Crippen molar-refractivity contribution < 1.29 is 9.47 Å². The molecule has 0 radical (unpaired) electrons. The van der Waals surface area contributed by atoms with Crippen molar-refractivity contribution in [3.63, 3.8) is 0 Å². The topological polar surface area (TPSA) is 46.1 Å². The Morgan fingerprint density at radius 3 is 2.54 bits per heavy atom. The summed E-state index contributed by atoms with van der Waals surface area (Å²) in [5.74, 6) is 0.848. The highest BCUT2D eigenvalue weighted by Crippen LogP contribution is 2.17. The van der Waals surface area contributed by atoms with Gasteiger partial charge in [0.05, 0.1) is 24.1 Å². The van der Waals surface area contributed by atoms with E-state index in [2.05, 4.69) is 29.3 Å². The summed E-state index contributed by atoms with van der Waals surface area (Å²) >= 11 is 0. The number of ether oxygens (including phenoxy) is 2. The summed E-state index contributed by atoms with van der Waals surface area (Å²) in [6.07, 6.45) is 2.35. The number of hydrazone groups is 1. The first-order chi connectivity index (χ1) is 12.7. The molecule has 1 aliphatic rings. The lowest BCUT2D eigenvalue weighted by molar-refractivity contribution is -0.0699. The Morgan fingerprint density at radius 1 is 1.08 bits per heavy atom. The van der Waals surface area contributed by atoms with Crippen LogP contribution in [-0.2, 0) is 4.74 Å². The predicted molar refractivity (Wildman–Crippen MR) is 106 cm³/mol. The number of para-hydroxylation sites is 2. The van der Waals surface area contributed by atoms with E-state index in [1.807, 2.05) is 54.6 Å². The van der Waals surface area contributed by atoms with Gasteiger partial charge in [0.1, 0.15) is 12.4 Å². The molecule has 5 heteroatoms. The smallest absolute Gasteiger partial charge is 0.128 e. The van der Waals surface area contributed by atoms with Crippen LogP contribution < -0.4 is 10.2 Å². The second kappa shape index (κ2) is 9.36. The van der Waals surface area contributed by atoms with Gasteiger partial charge in [-0.2, -0.15) is 5.10 Å². The van der Waals surface area contributed by atoms with Crippen LogP contribution in [-0.4, -0.2) is 49.6 Å². The molecule has 1 heterocycles. The van der Waals surface area contributed by atoms with Gasteiger partial charge in [0, 0.05) is 25.2 Å². The minimum absolute atomic E-state index is 0.280. The van der Waals surface area contributed by atoms with Crippen LogP contribution in [0.15, 0.2) is 59.7 Å². The number of nitrogens with zero attached hydrogens (tertiary/aromatic N) is 2. The van der Waals surface area contributed by atoms with Crippen molar-refractivity contribution in [3.05, 3.63) is 60.2 Å². The zero-order valence-corrected chi connectivity index (χ0v) is 15.5. The fraction of sp³-hybridized carbons (Fsp3) is 0.381. The normalized spacial score (nSPS) is 21.0. The van der Waals surface area contributed by atoms with Crippen molar-refractivity contribution in [2.75, 3.05) is 31.7 Å². The van der Waals surface area contributed by atoms with Gasteiger partial charge in [0.2, 0.25) is 0 Å². The van der Waals surface area contributed by atoms with Gasteiger partial charge in [-0.1, -0.05) is 30.3 Å². The number of hydrogen-bond donors (Lipinski definition) is 1. The van der Waals surface area contributed by atoms with Crippen LogP contribution in [0.25, 0.3) is 0 Å². The molecule has 26 heavy (non-hydrogen) atoms. The second-order valence-electron chi connectivity index (χ2n) is 6.64. The molecule has 2 atom stereocenters. The Morgan fingerprint density at radius 2 is 1.77 bits per heavy atom. The highest BCUT2D eigenvalue weighted by Gasteiger charge is 2.21. The maximum Gasteiger partial charge on any atom is 0.128 e. The molecule has 1 fully saturated rings. The highest BCUT2D eigenvalue weighted by molar-refractivity contribution is 5.83. The number of benzene rings is 2. The molecule has 0 saturated carbocycles.